The first-order valence-electron chi connectivity index (χ1n) is 4.04. The lowest BCUT2D eigenvalue weighted by molar-refractivity contribution is 0.172. The molecule has 1 aromatic carbocycles. The largest absolute Gasteiger partial charge is 0.486 e. The second kappa shape index (κ2) is 2.35. The Morgan fingerprint density at radius 3 is 2.77 bits per heavy atom. The summed E-state index contributed by atoms with van der Waals surface area (Å²) >= 11 is 0. The van der Waals surface area contributed by atoms with Crippen molar-refractivity contribution in [1.82, 2.24) is 15.4 Å². The maximum Gasteiger partial charge on any atom is 0.163 e. The van der Waals surface area contributed by atoms with Crippen LogP contribution in [0.25, 0.3) is 11.0 Å². The molecule has 0 atom stereocenters. The summed E-state index contributed by atoms with van der Waals surface area (Å²) in [5.41, 5.74) is 1.66. The first-order chi connectivity index (χ1) is 6.43. The Morgan fingerprint density at radius 2 is 1.92 bits per heavy atom. The van der Waals surface area contributed by atoms with Crippen molar-refractivity contribution in [3.8, 4) is 11.5 Å². The van der Waals surface area contributed by atoms with Gasteiger partial charge in [0.1, 0.15) is 18.7 Å². The smallest absolute Gasteiger partial charge is 0.163 e. The molecule has 0 radical (unpaired) electrons. The van der Waals surface area contributed by atoms with Gasteiger partial charge in [0.05, 0.1) is 5.52 Å². The zero-order valence-electron chi connectivity index (χ0n) is 6.78. The number of fused-ring (bicyclic) bond motifs is 2. The molecule has 1 aliphatic rings. The Kier molecular flexibility index (Phi) is 1.21. The Hall–Kier alpha value is -1.78. The van der Waals surface area contributed by atoms with Crippen molar-refractivity contribution in [2.24, 2.45) is 0 Å². The number of nitrogens with one attached hydrogen (secondary N) is 1. The van der Waals surface area contributed by atoms with Crippen LogP contribution in [-0.4, -0.2) is 28.6 Å². The van der Waals surface area contributed by atoms with Gasteiger partial charge in [-0.3, -0.25) is 5.10 Å². The van der Waals surface area contributed by atoms with Crippen LogP contribution in [-0.2, 0) is 0 Å². The van der Waals surface area contributed by atoms with Gasteiger partial charge in [0, 0.05) is 12.1 Å². The van der Waals surface area contributed by atoms with Crippen LogP contribution >= 0.6 is 0 Å². The van der Waals surface area contributed by atoms with E-state index in [2.05, 4.69) is 15.4 Å². The first kappa shape index (κ1) is 6.71. The van der Waals surface area contributed by atoms with Crippen molar-refractivity contribution in [3.63, 3.8) is 0 Å². The van der Waals surface area contributed by atoms with E-state index in [9.17, 15) is 0 Å². The van der Waals surface area contributed by atoms with Crippen LogP contribution in [0.1, 0.15) is 0 Å². The molecule has 0 saturated heterocycles. The SMILES string of the molecule is c1c2c(cc3[nH]nnc13)OCCO2. The molecular weight excluding hydrogens is 170 g/mol. The molecule has 0 saturated carbocycles. The zero-order valence-corrected chi connectivity index (χ0v) is 6.78. The summed E-state index contributed by atoms with van der Waals surface area (Å²) < 4.78 is 10.8. The highest BCUT2D eigenvalue weighted by Gasteiger charge is 2.13. The van der Waals surface area contributed by atoms with E-state index in [0.717, 1.165) is 22.5 Å². The summed E-state index contributed by atoms with van der Waals surface area (Å²) in [5.74, 6) is 1.50. The van der Waals surface area contributed by atoms with Gasteiger partial charge in [0.25, 0.3) is 0 Å². The van der Waals surface area contributed by atoms with Crippen LogP contribution < -0.4 is 9.47 Å². The number of hydrogen-bond donors (Lipinski definition) is 1. The van der Waals surface area contributed by atoms with Gasteiger partial charge < -0.3 is 9.47 Å². The highest BCUT2D eigenvalue weighted by Crippen LogP contribution is 2.32. The number of H-pyrrole nitrogens is 1. The Morgan fingerprint density at radius 1 is 1.15 bits per heavy atom. The van der Waals surface area contributed by atoms with Crippen LogP contribution in [0.4, 0.5) is 0 Å². The van der Waals surface area contributed by atoms with Gasteiger partial charge in [-0.25, -0.2) is 0 Å². The molecule has 0 bridgehead atoms. The summed E-state index contributed by atoms with van der Waals surface area (Å²) in [7, 11) is 0. The van der Waals surface area contributed by atoms with Crippen LogP contribution in [0.2, 0.25) is 0 Å². The molecular formula is C8H7N3O2. The Balaban J connectivity index is 2.28. The van der Waals surface area contributed by atoms with E-state index in [0.29, 0.717) is 13.2 Å². The molecule has 5 nitrogen and oxygen atoms in total. The van der Waals surface area contributed by atoms with Gasteiger partial charge in [-0.15, -0.1) is 5.10 Å². The van der Waals surface area contributed by atoms with Gasteiger partial charge in [-0.1, -0.05) is 5.21 Å². The van der Waals surface area contributed by atoms with E-state index >= 15 is 0 Å². The highest BCUT2D eigenvalue weighted by molar-refractivity contribution is 5.78. The fourth-order valence-electron chi connectivity index (χ4n) is 1.38. The Labute approximate surface area is 73.6 Å². The van der Waals surface area contributed by atoms with Gasteiger partial charge in [-0.05, 0) is 0 Å². The molecule has 0 aliphatic carbocycles. The summed E-state index contributed by atoms with van der Waals surface area (Å²) in [5, 5.41) is 10.3. The van der Waals surface area contributed by atoms with E-state index < -0.39 is 0 Å². The lowest BCUT2D eigenvalue weighted by Gasteiger charge is -2.17. The summed E-state index contributed by atoms with van der Waals surface area (Å²) in [6.07, 6.45) is 0. The maximum atomic E-state index is 5.40. The second-order valence-electron chi connectivity index (χ2n) is 2.82. The van der Waals surface area contributed by atoms with E-state index in [1.807, 2.05) is 12.1 Å². The molecule has 0 spiro atoms. The molecule has 0 unspecified atom stereocenters. The third kappa shape index (κ3) is 0.932. The van der Waals surface area contributed by atoms with Crippen molar-refractivity contribution in [2.75, 3.05) is 13.2 Å². The molecule has 1 aromatic heterocycles. The van der Waals surface area contributed by atoms with Crippen LogP contribution in [0.3, 0.4) is 0 Å². The number of rotatable bonds is 0. The van der Waals surface area contributed by atoms with Crippen molar-refractivity contribution in [3.05, 3.63) is 12.1 Å². The third-order valence-corrected chi connectivity index (χ3v) is 1.99. The molecule has 2 aromatic rings. The van der Waals surface area contributed by atoms with Crippen LogP contribution in [0, 0.1) is 0 Å². The number of aromatic amines is 1. The Bertz CT molecular complexity index is 412. The van der Waals surface area contributed by atoms with E-state index in [1.54, 1.807) is 0 Å². The van der Waals surface area contributed by atoms with Gasteiger partial charge in [0.2, 0.25) is 0 Å². The summed E-state index contributed by atoms with van der Waals surface area (Å²) in [6, 6.07) is 3.68. The molecule has 3 rings (SSSR count). The van der Waals surface area contributed by atoms with Gasteiger partial charge in [0.15, 0.2) is 11.5 Å². The topological polar surface area (TPSA) is 60.0 Å². The predicted octanol–water partition coefficient (Wildman–Crippen LogP) is 0.729. The fraction of sp³-hybridized carbons (Fsp3) is 0.250. The van der Waals surface area contributed by atoms with E-state index in [4.69, 9.17) is 9.47 Å². The molecule has 66 valence electrons. The van der Waals surface area contributed by atoms with Gasteiger partial charge in [-0.2, -0.15) is 0 Å². The molecule has 1 N–H and O–H groups in total. The lowest BCUT2D eigenvalue weighted by atomic mass is 10.2. The molecule has 0 fully saturated rings. The minimum Gasteiger partial charge on any atom is -0.486 e. The van der Waals surface area contributed by atoms with Gasteiger partial charge >= 0.3 is 0 Å². The second-order valence-corrected chi connectivity index (χ2v) is 2.82. The molecule has 0 amide bonds. The standard InChI is InChI=1S/C8H7N3O2/c1-2-13-8-4-6-5(9-11-10-6)3-7(8)12-1/h3-4H,1-2H2,(H,9,10,11). The van der Waals surface area contributed by atoms with Crippen LogP contribution in [0.5, 0.6) is 11.5 Å². The number of nitrogens with zero attached hydrogens (tertiary/aromatic N) is 2. The quantitative estimate of drug-likeness (QED) is 0.644. The van der Waals surface area contributed by atoms with E-state index in [-0.39, 0.29) is 0 Å². The predicted molar refractivity (Wildman–Crippen MR) is 44.9 cm³/mol. The first-order valence-corrected chi connectivity index (χ1v) is 4.04. The minimum atomic E-state index is 0.594. The lowest BCUT2D eigenvalue weighted by Crippen LogP contribution is -2.15. The van der Waals surface area contributed by atoms with Crippen molar-refractivity contribution in [2.45, 2.75) is 0 Å². The number of hydrogen-bond acceptors (Lipinski definition) is 4. The minimum absolute atomic E-state index is 0.594. The normalized spacial score (nSPS) is 14.8. The summed E-state index contributed by atoms with van der Waals surface area (Å²) in [4.78, 5) is 0. The fourth-order valence-corrected chi connectivity index (χ4v) is 1.38. The van der Waals surface area contributed by atoms with E-state index in [1.165, 1.54) is 0 Å². The number of benzene rings is 1. The average Bonchev–Trinajstić information content (AvgIpc) is 2.61. The van der Waals surface area contributed by atoms with Crippen molar-refractivity contribution < 1.29 is 9.47 Å². The number of aromatic nitrogens is 3. The molecule has 5 heteroatoms. The maximum absolute atomic E-state index is 5.40. The molecule has 1 aliphatic heterocycles. The summed E-state index contributed by atoms with van der Waals surface area (Å²) in [6.45, 7) is 1.19. The average molecular weight is 177 g/mol. The molecule has 13 heavy (non-hydrogen) atoms. The van der Waals surface area contributed by atoms with Crippen molar-refractivity contribution in [1.29, 1.82) is 0 Å². The highest BCUT2D eigenvalue weighted by atomic mass is 16.6. The monoisotopic (exact) mass is 177 g/mol. The molecule has 2 heterocycles. The zero-order chi connectivity index (χ0) is 8.67. The number of ether oxygens (including phenoxy) is 2. The van der Waals surface area contributed by atoms with Crippen LogP contribution in [0.15, 0.2) is 12.1 Å². The third-order valence-electron chi connectivity index (χ3n) is 1.99. The van der Waals surface area contributed by atoms with Crippen molar-refractivity contribution >= 4 is 11.0 Å².